The zero-order chi connectivity index (χ0) is 13.3. The van der Waals surface area contributed by atoms with Crippen LogP contribution in [0.15, 0.2) is 0 Å². The Labute approximate surface area is 98.2 Å². The number of nitrogens with zero attached hydrogens (tertiary/aromatic N) is 1. The van der Waals surface area contributed by atoms with E-state index in [2.05, 4.69) is 5.32 Å². The largest absolute Gasteiger partial charge is 0.480 e. The van der Waals surface area contributed by atoms with Crippen LogP contribution in [0.5, 0.6) is 0 Å². The van der Waals surface area contributed by atoms with Crippen LogP contribution in [0.3, 0.4) is 0 Å². The van der Waals surface area contributed by atoms with Gasteiger partial charge in [0.05, 0.1) is 26.2 Å². The fourth-order valence-electron chi connectivity index (χ4n) is 1.10. The molecule has 0 bridgehead atoms. The Morgan fingerprint density at radius 3 is 2.06 bits per heavy atom. The topological polar surface area (TPSA) is 116 Å². The third-order valence-corrected chi connectivity index (χ3v) is 1.71. The Morgan fingerprint density at radius 1 is 1.12 bits per heavy atom. The molecule has 0 heterocycles. The number of hydrogen-bond donors (Lipinski definition) is 3. The molecule has 0 aliphatic heterocycles. The SMILES string of the molecule is COCCNC(=O)CN(CC(=O)O)CC(=O)O. The zero-order valence-corrected chi connectivity index (χ0v) is 9.51. The van der Waals surface area contributed by atoms with Crippen LogP contribution in [-0.2, 0) is 19.1 Å². The first-order valence-corrected chi connectivity index (χ1v) is 4.87. The molecule has 0 aromatic heterocycles. The van der Waals surface area contributed by atoms with Crippen molar-refractivity contribution in [1.82, 2.24) is 10.2 Å². The van der Waals surface area contributed by atoms with E-state index in [1.54, 1.807) is 0 Å². The molecule has 8 heteroatoms. The van der Waals surface area contributed by atoms with E-state index in [1.165, 1.54) is 7.11 Å². The Balaban J connectivity index is 4.07. The van der Waals surface area contributed by atoms with Gasteiger partial charge < -0.3 is 20.3 Å². The molecule has 0 rings (SSSR count). The van der Waals surface area contributed by atoms with Crippen molar-refractivity contribution in [3.63, 3.8) is 0 Å². The maximum atomic E-state index is 11.3. The first kappa shape index (κ1) is 15.3. The van der Waals surface area contributed by atoms with E-state index in [-0.39, 0.29) is 6.54 Å². The van der Waals surface area contributed by atoms with Crippen molar-refractivity contribution in [2.75, 3.05) is 39.9 Å². The number of methoxy groups -OCH3 is 1. The van der Waals surface area contributed by atoms with Crippen molar-refractivity contribution in [3.8, 4) is 0 Å². The summed E-state index contributed by atoms with van der Waals surface area (Å²) in [6.07, 6.45) is 0. The quantitative estimate of drug-likeness (QED) is 0.413. The number of carbonyl (C=O) groups is 3. The van der Waals surface area contributed by atoms with Crippen molar-refractivity contribution >= 4 is 17.8 Å². The second-order valence-electron chi connectivity index (χ2n) is 3.28. The highest BCUT2D eigenvalue weighted by atomic mass is 16.5. The molecule has 0 spiro atoms. The summed E-state index contributed by atoms with van der Waals surface area (Å²) >= 11 is 0. The number of amides is 1. The lowest BCUT2D eigenvalue weighted by atomic mass is 10.4. The minimum Gasteiger partial charge on any atom is -0.480 e. The highest BCUT2D eigenvalue weighted by Crippen LogP contribution is 1.88. The first-order valence-electron chi connectivity index (χ1n) is 4.87. The summed E-state index contributed by atoms with van der Waals surface area (Å²) in [5.41, 5.74) is 0. The molecule has 0 fully saturated rings. The van der Waals surface area contributed by atoms with Crippen LogP contribution >= 0.6 is 0 Å². The summed E-state index contributed by atoms with van der Waals surface area (Å²) in [5, 5.41) is 19.5. The summed E-state index contributed by atoms with van der Waals surface area (Å²) < 4.78 is 4.71. The van der Waals surface area contributed by atoms with E-state index in [0.29, 0.717) is 13.2 Å². The van der Waals surface area contributed by atoms with Crippen LogP contribution in [0.4, 0.5) is 0 Å². The number of aliphatic carboxylic acids is 2. The monoisotopic (exact) mass is 248 g/mol. The fraction of sp³-hybridized carbons (Fsp3) is 0.667. The third-order valence-electron chi connectivity index (χ3n) is 1.71. The highest BCUT2D eigenvalue weighted by Gasteiger charge is 2.16. The standard InChI is InChI=1S/C9H16N2O6/c1-17-3-2-10-7(12)4-11(5-8(13)14)6-9(15)16/h2-6H2,1H3,(H,10,12)(H,13,14)(H,15,16). The molecule has 0 aromatic rings. The number of rotatable bonds is 9. The first-order chi connectivity index (χ1) is 7.95. The minimum absolute atomic E-state index is 0.275. The average Bonchev–Trinajstić information content (AvgIpc) is 2.15. The predicted octanol–water partition coefficient (Wildman–Crippen LogP) is -1.78. The summed E-state index contributed by atoms with van der Waals surface area (Å²) in [7, 11) is 1.48. The third kappa shape index (κ3) is 9.27. The molecule has 0 unspecified atom stereocenters. The summed E-state index contributed by atoms with van der Waals surface area (Å²) in [4.78, 5) is 33.2. The summed E-state index contributed by atoms with van der Waals surface area (Å²) in [6.45, 7) is -0.636. The molecule has 0 aliphatic carbocycles. The van der Waals surface area contributed by atoms with Crippen LogP contribution in [0.1, 0.15) is 0 Å². The molecule has 0 aliphatic rings. The minimum atomic E-state index is -1.18. The molecule has 1 amide bonds. The lowest BCUT2D eigenvalue weighted by Gasteiger charge is -2.17. The summed E-state index contributed by atoms with van der Waals surface area (Å²) in [6, 6.07) is 0. The van der Waals surface area contributed by atoms with Crippen molar-refractivity contribution in [2.45, 2.75) is 0 Å². The van der Waals surface area contributed by atoms with Crippen molar-refractivity contribution in [2.24, 2.45) is 0 Å². The van der Waals surface area contributed by atoms with E-state index in [1.807, 2.05) is 0 Å². The van der Waals surface area contributed by atoms with Gasteiger partial charge in [-0.3, -0.25) is 19.3 Å². The molecule has 0 saturated carbocycles. The second-order valence-corrected chi connectivity index (χ2v) is 3.28. The van der Waals surface area contributed by atoms with Crippen LogP contribution in [0.25, 0.3) is 0 Å². The molecular weight excluding hydrogens is 232 g/mol. The summed E-state index contributed by atoms with van der Waals surface area (Å²) in [5.74, 6) is -2.81. The normalized spacial score (nSPS) is 10.2. The van der Waals surface area contributed by atoms with Crippen LogP contribution in [0, 0.1) is 0 Å². The van der Waals surface area contributed by atoms with E-state index < -0.39 is 30.9 Å². The number of ether oxygens (including phenoxy) is 1. The van der Waals surface area contributed by atoms with Gasteiger partial charge in [-0.05, 0) is 0 Å². The predicted molar refractivity (Wildman–Crippen MR) is 56.6 cm³/mol. The Morgan fingerprint density at radius 2 is 1.65 bits per heavy atom. The van der Waals surface area contributed by atoms with Gasteiger partial charge in [0, 0.05) is 13.7 Å². The molecule has 98 valence electrons. The average molecular weight is 248 g/mol. The van der Waals surface area contributed by atoms with Gasteiger partial charge in [0.15, 0.2) is 0 Å². The van der Waals surface area contributed by atoms with E-state index >= 15 is 0 Å². The van der Waals surface area contributed by atoms with Gasteiger partial charge in [0.1, 0.15) is 0 Å². The van der Waals surface area contributed by atoms with Gasteiger partial charge >= 0.3 is 11.9 Å². The molecule has 0 aromatic carbocycles. The Hall–Kier alpha value is -1.67. The fourth-order valence-corrected chi connectivity index (χ4v) is 1.10. The number of carboxylic acid groups (broad SMARTS) is 2. The molecule has 17 heavy (non-hydrogen) atoms. The molecule has 0 atom stereocenters. The number of carboxylic acids is 2. The van der Waals surface area contributed by atoms with E-state index in [4.69, 9.17) is 14.9 Å². The molecule has 0 saturated heterocycles. The Kier molecular flexibility index (Phi) is 7.65. The number of carbonyl (C=O) groups excluding carboxylic acids is 1. The lowest BCUT2D eigenvalue weighted by molar-refractivity contribution is -0.142. The van der Waals surface area contributed by atoms with Gasteiger partial charge in [-0.25, -0.2) is 0 Å². The van der Waals surface area contributed by atoms with Gasteiger partial charge in [-0.2, -0.15) is 0 Å². The van der Waals surface area contributed by atoms with Crippen LogP contribution in [-0.4, -0.2) is 72.9 Å². The van der Waals surface area contributed by atoms with Gasteiger partial charge in [-0.15, -0.1) is 0 Å². The maximum absolute atomic E-state index is 11.3. The smallest absolute Gasteiger partial charge is 0.317 e. The van der Waals surface area contributed by atoms with E-state index in [9.17, 15) is 14.4 Å². The lowest BCUT2D eigenvalue weighted by Crippen LogP contribution is -2.42. The van der Waals surface area contributed by atoms with Crippen molar-refractivity contribution in [3.05, 3.63) is 0 Å². The number of hydrogen-bond acceptors (Lipinski definition) is 5. The molecular formula is C9H16N2O6. The van der Waals surface area contributed by atoms with Crippen LogP contribution < -0.4 is 5.32 Å². The van der Waals surface area contributed by atoms with Crippen molar-refractivity contribution < 1.29 is 29.3 Å². The molecule has 3 N–H and O–H groups in total. The highest BCUT2D eigenvalue weighted by molar-refractivity contribution is 5.80. The second kappa shape index (κ2) is 8.48. The zero-order valence-electron chi connectivity index (χ0n) is 9.51. The van der Waals surface area contributed by atoms with E-state index in [0.717, 1.165) is 4.90 Å². The van der Waals surface area contributed by atoms with Crippen LogP contribution in [0.2, 0.25) is 0 Å². The molecule has 0 radical (unpaired) electrons. The van der Waals surface area contributed by atoms with Gasteiger partial charge in [0.25, 0.3) is 0 Å². The number of nitrogens with one attached hydrogen (secondary N) is 1. The van der Waals surface area contributed by atoms with Crippen molar-refractivity contribution in [1.29, 1.82) is 0 Å². The maximum Gasteiger partial charge on any atom is 0.317 e. The van der Waals surface area contributed by atoms with Gasteiger partial charge in [-0.1, -0.05) is 0 Å². The molecule has 8 nitrogen and oxygen atoms in total. The Bertz CT molecular complexity index is 265. The van der Waals surface area contributed by atoms with Gasteiger partial charge in [0.2, 0.25) is 5.91 Å².